The predicted molar refractivity (Wildman–Crippen MR) is 106 cm³/mol. The first-order valence-corrected chi connectivity index (χ1v) is 9.63. The summed E-state index contributed by atoms with van der Waals surface area (Å²) in [4.78, 5) is 10.8. The normalized spacial score (nSPS) is 26.0. The van der Waals surface area contributed by atoms with Gasteiger partial charge in [0.1, 0.15) is 29.2 Å². The van der Waals surface area contributed by atoms with E-state index in [0.717, 1.165) is 41.0 Å². The van der Waals surface area contributed by atoms with E-state index in [2.05, 4.69) is 27.1 Å². The van der Waals surface area contributed by atoms with Crippen molar-refractivity contribution in [3.05, 3.63) is 30.6 Å². The Balaban J connectivity index is 1.51. The van der Waals surface area contributed by atoms with Crippen LogP contribution in [-0.2, 0) is 0 Å². The van der Waals surface area contributed by atoms with Crippen molar-refractivity contribution in [2.24, 2.45) is 5.73 Å². The van der Waals surface area contributed by atoms with Gasteiger partial charge in [0.15, 0.2) is 0 Å². The van der Waals surface area contributed by atoms with Crippen LogP contribution >= 0.6 is 0 Å². The fourth-order valence-corrected chi connectivity index (χ4v) is 3.77. The molecule has 1 aromatic carbocycles. The smallest absolute Gasteiger partial charge is 0.132 e. The summed E-state index contributed by atoms with van der Waals surface area (Å²) in [5, 5.41) is 18.6. The summed E-state index contributed by atoms with van der Waals surface area (Å²) in [5.74, 6) is 1.57. The Morgan fingerprint density at radius 2 is 2.11 bits per heavy atom. The van der Waals surface area contributed by atoms with Crippen LogP contribution in [0.3, 0.4) is 0 Å². The zero-order chi connectivity index (χ0) is 19.5. The molecule has 1 saturated heterocycles. The highest BCUT2D eigenvalue weighted by atomic mass is 16.5. The van der Waals surface area contributed by atoms with E-state index in [1.165, 1.54) is 6.33 Å². The summed E-state index contributed by atoms with van der Waals surface area (Å²) in [6, 6.07) is 7.55. The molecule has 0 radical (unpaired) electrons. The molecule has 4 N–H and O–H groups in total. The number of H-pyrrole nitrogens is 1. The number of aliphatic hydroxyl groups is 1. The van der Waals surface area contributed by atoms with Gasteiger partial charge in [-0.3, -0.25) is 5.10 Å². The molecular formula is C20H24N6O2. The van der Waals surface area contributed by atoms with Crippen molar-refractivity contribution in [3.63, 3.8) is 0 Å². The molecule has 1 aliphatic heterocycles. The molecule has 5 rings (SSSR count). The zero-order valence-electron chi connectivity index (χ0n) is 16.0. The third-order valence-electron chi connectivity index (χ3n) is 5.92. The average molecular weight is 380 g/mol. The number of fused-ring (bicyclic) bond motifs is 1. The molecule has 28 heavy (non-hydrogen) atoms. The van der Waals surface area contributed by atoms with E-state index in [1.54, 1.807) is 0 Å². The first-order valence-electron chi connectivity index (χ1n) is 9.63. The number of aliphatic hydroxyl groups excluding tert-OH is 1. The van der Waals surface area contributed by atoms with E-state index in [9.17, 15) is 5.11 Å². The summed E-state index contributed by atoms with van der Waals surface area (Å²) in [6.07, 6.45) is 3.13. The van der Waals surface area contributed by atoms with Gasteiger partial charge >= 0.3 is 0 Å². The second-order valence-corrected chi connectivity index (χ2v) is 8.13. The summed E-state index contributed by atoms with van der Waals surface area (Å²) in [5.41, 5.74) is 8.42. The average Bonchev–Trinajstić information content (AvgIpc) is 3.17. The predicted octanol–water partition coefficient (Wildman–Crippen LogP) is 1.85. The van der Waals surface area contributed by atoms with Crippen LogP contribution in [0.15, 0.2) is 30.6 Å². The minimum absolute atomic E-state index is 0.00651. The van der Waals surface area contributed by atoms with Gasteiger partial charge in [-0.25, -0.2) is 9.97 Å². The Hall–Kier alpha value is -2.71. The molecular weight excluding hydrogens is 356 g/mol. The van der Waals surface area contributed by atoms with Crippen LogP contribution in [0.5, 0.6) is 5.75 Å². The maximum absolute atomic E-state index is 10.1. The molecule has 3 aromatic rings. The fraction of sp³-hybridized carbons (Fsp3) is 0.450. The number of benzene rings is 1. The molecule has 3 atom stereocenters. The Labute approximate surface area is 162 Å². The summed E-state index contributed by atoms with van der Waals surface area (Å²) in [6.45, 7) is 4.58. The molecule has 1 aliphatic carbocycles. The van der Waals surface area contributed by atoms with E-state index in [4.69, 9.17) is 10.5 Å². The lowest BCUT2D eigenvalue weighted by atomic mass is 10.1. The number of nitrogens with zero attached hydrogens (tertiary/aromatic N) is 4. The Bertz CT molecular complexity index is 1030. The third kappa shape index (κ3) is 2.89. The standard InChI is InChI=1S/C20H24N6O2/c1-11-18(21)16(27)9-26(11)17-8-15(22-10-23-17)19-13-7-12(28-20(2)5-6-20)3-4-14(13)24-25-19/h3-4,7-8,10-11,16,18,27H,5-6,9,21H2,1-2H3,(H,24,25)/t11?,16-,18-/m0/s1. The highest BCUT2D eigenvalue weighted by Crippen LogP contribution is 2.40. The Morgan fingerprint density at radius 3 is 2.82 bits per heavy atom. The largest absolute Gasteiger partial charge is 0.488 e. The van der Waals surface area contributed by atoms with Crippen molar-refractivity contribution >= 4 is 16.7 Å². The van der Waals surface area contributed by atoms with Crippen molar-refractivity contribution in [2.75, 3.05) is 11.4 Å². The van der Waals surface area contributed by atoms with Gasteiger partial charge in [0.2, 0.25) is 0 Å². The Morgan fingerprint density at radius 1 is 1.29 bits per heavy atom. The molecule has 1 unspecified atom stereocenters. The number of ether oxygens (including phenoxy) is 1. The molecule has 0 spiro atoms. The van der Waals surface area contributed by atoms with Gasteiger partial charge in [0.25, 0.3) is 0 Å². The lowest BCUT2D eigenvalue weighted by Crippen LogP contribution is -2.40. The molecule has 3 heterocycles. The van der Waals surface area contributed by atoms with E-state index in [1.807, 2.05) is 36.1 Å². The van der Waals surface area contributed by atoms with Crippen molar-refractivity contribution in [1.29, 1.82) is 0 Å². The SMILES string of the molecule is CC1[C@H](N)[C@@H](O)CN1c1cc(-c2n[nH]c3ccc(OC4(C)CC4)cc23)ncn1. The second-order valence-electron chi connectivity index (χ2n) is 8.13. The van der Waals surface area contributed by atoms with Crippen molar-refractivity contribution in [1.82, 2.24) is 20.2 Å². The number of anilines is 1. The molecule has 8 nitrogen and oxygen atoms in total. The molecule has 146 valence electrons. The minimum Gasteiger partial charge on any atom is -0.488 e. The number of aromatic amines is 1. The first-order chi connectivity index (χ1) is 13.4. The van der Waals surface area contributed by atoms with Crippen LogP contribution in [0.2, 0.25) is 0 Å². The van der Waals surface area contributed by atoms with Crippen LogP contribution < -0.4 is 15.4 Å². The van der Waals surface area contributed by atoms with Gasteiger partial charge < -0.3 is 20.5 Å². The lowest BCUT2D eigenvalue weighted by molar-refractivity contribution is 0.175. The van der Waals surface area contributed by atoms with E-state index < -0.39 is 6.10 Å². The summed E-state index contributed by atoms with van der Waals surface area (Å²) >= 11 is 0. The number of hydrogen-bond acceptors (Lipinski definition) is 7. The summed E-state index contributed by atoms with van der Waals surface area (Å²) in [7, 11) is 0. The van der Waals surface area contributed by atoms with Gasteiger partial charge in [-0.15, -0.1) is 0 Å². The third-order valence-corrected chi connectivity index (χ3v) is 5.92. The number of nitrogens with one attached hydrogen (secondary N) is 1. The number of hydrogen-bond donors (Lipinski definition) is 3. The molecule has 0 amide bonds. The Kier molecular flexibility index (Phi) is 3.82. The fourth-order valence-electron chi connectivity index (χ4n) is 3.77. The highest BCUT2D eigenvalue weighted by molar-refractivity contribution is 5.93. The zero-order valence-corrected chi connectivity index (χ0v) is 16.0. The van der Waals surface area contributed by atoms with Gasteiger partial charge in [-0.05, 0) is 44.9 Å². The molecule has 2 aromatic heterocycles. The second kappa shape index (κ2) is 6.15. The molecule has 2 aliphatic rings. The van der Waals surface area contributed by atoms with Gasteiger partial charge in [-0.1, -0.05) is 0 Å². The van der Waals surface area contributed by atoms with Crippen LogP contribution in [-0.4, -0.2) is 55.6 Å². The van der Waals surface area contributed by atoms with Crippen LogP contribution in [0.1, 0.15) is 26.7 Å². The van der Waals surface area contributed by atoms with Crippen LogP contribution in [0.4, 0.5) is 5.82 Å². The topological polar surface area (TPSA) is 113 Å². The number of β-amino-alcohol motifs (C(OH)–C–C–N with tert-alkyl or cyclic N) is 1. The monoisotopic (exact) mass is 380 g/mol. The quantitative estimate of drug-likeness (QED) is 0.633. The first kappa shape index (κ1) is 17.4. The van der Waals surface area contributed by atoms with Crippen molar-refractivity contribution in [3.8, 4) is 17.1 Å². The van der Waals surface area contributed by atoms with Gasteiger partial charge in [-0.2, -0.15) is 5.10 Å². The minimum atomic E-state index is -0.567. The van der Waals surface area contributed by atoms with Gasteiger partial charge in [0, 0.05) is 24.0 Å². The maximum atomic E-state index is 10.1. The molecule has 1 saturated carbocycles. The molecule has 8 heteroatoms. The molecule has 2 fully saturated rings. The van der Waals surface area contributed by atoms with E-state index in [0.29, 0.717) is 12.2 Å². The van der Waals surface area contributed by atoms with Crippen molar-refractivity contribution < 1.29 is 9.84 Å². The summed E-state index contributed by atoms with van der Waals surface area (Å²) < 4.78 is 6.10. The number of nitrogens with two attached hydrogens (primary N) is 1. The maximum Gasteiger partial charge on any atom is 0.132 e. The number of aromatic nitrogens is 4. The van der Waals surface area contributed by atoms with E-state index >= 15 is 0 Å². The van der Waals surface area contributed by atoms with Crippen LogP contribution in [0.25, 0.3) is 22.3 Å². The van der Waals surface area contributed by atoms with E-state index in [-0.39, 0.29) is 17.7 Å². The lowest BCUT2D eigenvalue weighted by Gasteiger charge is -2.23. The number of rotatable bonds is 4. The van der Waals surface area contributed by atoms with Crippen molar-refractivity contribution in [2.45, 2.75) is 50.5 Å². The molecule has 0 bridgehead atoms. The van der Waals surface area contributed by atoms with Crippen LogP contribution in [0, 0.1) is 0 Å². The highest BCUT2D eigenvalue weighted by Gasteiger charge is 2.40. The van der Waals surface area contributed by atoms with Gasteiger partial charge in [0.05, 0.1) is 23.4 Å².